The number of carbonyl (C=O) groups is 1. The Morgan fingerprint density at radius 3 is 3.11 bits per heavy atom. The summed E-state index contributed by atoms with van der Waals surface area (Å²) in [7, 11) is 0. The fourth-order valence-corrected chi connectivity index (χ4v) is 4.15. The highest BCUT2D eigenvalue weighted by molar-refractivity contribution is 7.18. The average Bonchev–Trinajstić information content (AvgIpc) is 3.00. The highest BCUT2D eigenvalue weighted by Crippen LogP contribution is 2.28. The molecule has 19 heavy (non-hydrogen) atoms. The number of carbonyl (C=O) groups excluding carboxylic acids is 1. The van der Waals surface area contributed by atoms with E-state index in [1.807, 2.05) is 6.07 Å². The van der Waals surface area contributed by atoms with E-state index >= 15 is 0 Å². The predicted octanol–water partition coefficient (Wildman–Crippen LogP) is 1.62. The molecule has 98 valence electrons. The van der Waals surface area contributed by atoms with Crippen LogP contribution in [0.25, 0.3) is 10.2 Å². The topological polar surface area (TPSA) is 45.2 Å². The van der Waals surface area contributed by atoms with Crippen LogP contribution >= 0.6 is 11.3 Å². The number of nitrogens with zero attached hydrogens (tertiary/aromatic N) is 2. The Balaban J connectivity index is 1.49. The summed E-state index contributed by atoms with van der Waals surface area (Å²) in [4.78, 5) is 18.4. The number of thiazole rings is 1. The molecule has 1 amide bonds. The third-order valence-electron chi connectivity index (χ3n) is 4.01. The summed E-state index contributed by atoms with van der Waals surface area (Å²) in [6.07, 6.45) is 0.695. The SMILES string of the molecule is O=C1C[C@H]2CN(Cc3nc4ccccc4s3)C[C@H]2N1. The minimum Gasteiger partial charge on any atom is -0.352 e. The lowest BCUT2D eigenvalue weighted by atomic mass is 10.1. The first kappa shape index (κ1) is 11.4. The monoisotopic (exact) mass is 273 g/mol. The molecule has 2 saturated heterocycles. The molecule has 0 radical (unpaired) electrons. The van der Waals surface area contributed by atoms with Crippen LogP contribution in [0.2, 0.25) is 0 Å². The fraction of sp³-hybridized carbons (Fsp3) is 0.429. The van der Waals surface area contributed by atoms with Gasteiger partial charge in [-0.1, -0.05) is 12.1 Å². The number of rotatable bonds is 2. The summed E-state index contributed by atoms with van der Waals surface area (Å²) in [5.41, 5.74) is 1.09. The molecule has 1 N–H and O–H groups in total. The molecule has 0 unspecified atom stereocenters. The van der Waals surface area contributed by atoms with Gasteiger partial charge in [-0.05, 0) is 12.1 Å². The van der Waals surface area contributed by atoms with Crippen molar-refractivity contribution in [1.29, 1.82) is 0 Å². The zero-order valence-electron chi connectivity index (χ0n) is 10.5. The first-order valence-corrected chi connectivity index (χ1v) is 7.46. The van der Waals surface area contributed by atoms with Crippen molar-refractivity contribution in [3.8, 4) is 0 Å². The number of likely N-dealkylation sites (tertiary alicyclic amines) is 1. The van der Waals surface area contributed by atoms with Crippen molar-refractivity contribution in [3.63, 3.8) is 0 Å². The van der Waals surface area contributed by atoms with Crippen molar-refractivity contribution in [1.82, 2.24) is 15.2 Å². The van der Waals surface area contributed by atoms with Gasteiger partial charge in [0.25, 0.3) is 0 Å². The van der Waals surface area contributed by atoms with Crippen LogP contribution in [0.1, 0.15) is 11.4 Å². The molecule has 2 atom stereocenters. The summed E-state index contributed by atoms with van der Waals surface area (Å²) >= 11 is 1.77. The number of fused-ring (bicyclic) bond motifs is 2. The van der Waals surface area contributed by atoms with Crippen LogP contribution in [0, 0.1) is 5.92 Å². The van der Waals surface area contributed by atoms with Crippen LogP contribution in [0.5, 0.6) is 0 Å². The zero-order valence-corrected chi connectivity index (χ0v) is 11.3. The van der Waals surface area contributed by atoms with Crippen molar-refractivity contribution in [3.05, 3.63) is 29.3 Å². The molecular formula is C14H15N3OS. The van der Waals surface area contributed by atoms with Gasteiger partial charge in [0, 0.05) is 31.5 Å². The van der Waals surface area contributed by atoms with Gasteiger partial charge in [0.2, 0.25) is 5.91 Å². The van der Waals surface area contributed by atoms with Gasteiger partial charge in [-0.15, -0.1) is 11.3 Å². The third-order valence-corrected chi connectivity index (χ3v) is 5.03. The van der Waals surface area contributed by atoms with Crippen molar-refractivity contribution >= 4 is 27.5 Å². The Labute approximate surface area is 115 Å². The van der Waals surface area contributed by atoms with Crippen LogP contribution in [-0.4, -0.2) is 34.9 Å². The van der Waals surface area contributed by atoms with E-state index in [0.717, 1.165) is 25.2 Å². The minimum absolute atomic E-state index is 0.217. The minimum atomic E-state index is 0.217. The van der Waals surface area contributed by atoms with Gasteiger partial charge in [-0.25, -0.2) is 4.98 Å². The molecule has 2 aliphatic rings. The van der Waals surface area contributed by atoms with Gasteiger partial charge in [0.15, 0.2) is 0 Å². The summed E-state index contributed by atoms with van der Waals surface area (Å²) in [6, 6.07) is 8.63. The van der Waals surface area contributed by atoms with E-state index in [1.54, 1.807) is 11.3 Å². The summed E-state index contributed by atoms with van der Waals surface area (Å²) in [5.74, 6) is 0.719. The lowest BCUT2D eigenvalue weighted by molar-refractivity contribution is -0.119. The molecule has 1 aromatic heterocycles. The summed E-state index contributed by atoms with van der Waals surface area (Å²) in [6.45, 7) is 2.88. The number of hydrogen-bond donors (Lipinski definition) is 1. The second-order valence-corrected chi connectivity index (χ2v) is 6.52. The molecule has 2 fully saturated rings. The maximum Gasteiger partial charge on any atom is 0.220 e. The highest BCUT2D eigenvalue weighted by Gasteiger charge is 2.39. The van der Waals surface area contributed by atoms with Crippen molar-refractivity contribution < 1.29 is 4.79 Å². The van der Waals surface area contributed by atoms with Gasteiger partial charge in [-0.3, -0.25) is 9.69 Å². The standard InChI is InChI=1S/C14H15N3OS/c18-13-5-9-6-17(7-11(9)15-13)8-14-16-10-3-1-2-4-12(10)19-14/h1-4,9,11H,5-8H2,(H,15,18)/t9-,11+/m0/s1. The summed E-state index contributed by atoms with van der Waals surface area (Å²) in [5, 5.41) is 4.23. The number of para-hydroxylation sites is 1. The van der Waals surface area contributed by atoms with Crippen LogP contribution in [0.4, 0.5) is 0 Å². The van der Waals surface area contributed by atoms with Gasteiger partial charge in [-0.2, -0.15) is 0 Å². The molecule has 0 spiro atoms. The Bertz CT molecular complexity index is 589. The lowest BCUT2D eigenvalue weighted by Gasteiger charge is -2.14. The number of benzene rings is 1. The molecule has 0 saturated carbocycles. The Morgan fingerprint density at radius 2 is 2.26 bits per heavy atom. The van der Waals surface area contributed by atoms with Crippen LogP contribution < -0.4 is 5.32 Å². The van der Waals surface area contributed by atoms with E-state index in [4.69, 9.17) is 0 Å². The van der Waals surface area contributed by atoms with Crippen molar-refractivity contribution in [2.75, 3.05) is 13.1 Å². The quantitative estimate of drug-likeness (QED) is 0.904. The molecule has 0 bridgehead atoms. The van der Waals surface area contributed by atoms with Crippen LogP contribution in [-0.2, 0) is 11.3 Å². The van der Waals surface area contributed by atoms with Gasteiger partial charge < -0.3 is 5.32 Å². The Morgan fingerprint density at radius 1 is 1.37 bits per heavy atom. The smallest absolute Gasteiger partial charge is 0.220 e. The maximum absolute atomic E-state index is 11.3. The van der Waals surface area contributed by atoms with Crippen LogP contribution in [0.3, 0.4) is 0 Å². The molecule has 2 aromatic rings. The molecule has 1 aromatic carbocycles. The second kappa shape index (κ2) is 4.28. The molecule has 2 aliphatic heterocycles. The number of amides is 1. The molecular weight excluding hydrogens is 258 g/mol. The van der Waals surface area contributed by atoms with E-state index in [2.05, 4.69) is 33.4 Å². The first-order valence-electron chi connectivity index (χ1n) is 6.64. The number of nitrogens with one attached hydrogen (secondary N) is 1. The fourth-order valence-electron chi connectivity index (χ4n) is 3.14. The molecule has 5 heteroatoms. The number of aromatic nitrogens is 1. The number of hydrogen-bond acceptors (Lipinski definition) is 4. The van der Waals surface area contributed by atoms with Crippen molar-refractivity contribution in [2.45, 2.75) is 19.0 Å². The first-order chi connectivity index (χ1) is 9.28. The van der Waals surface area contributed by atoms with E-state index in [0.29, 0.717) is 18.4 Å². The zero-order chi connectivity index (χ0) is 12.8. The highest BCUT2D eigenvalue weighted by atomic mass is 32.1. The van der Waals surface area contributed by atoms with E-state index in [9.17, 15) is 4.79 Å². The second-order valence-electron chi connectivity index (χ2n) is 5.41. The third kappa shape index (κ3) is 2.03. The predicted molar refractivity (Wildman–Crippen MR) is 74.9 cm³/mol. The molecule has 0 aliphatic carbocycles. The Hall–Kier alpha value is -1.46. The molecule has 3 heterocycles. The molecule has 4 rings (SSSR count). The van der Waals surface area contributed by atoms with Gasteiger partial charge in [0.05, 0.1) is 16.8 Å². The lowest BCUT2D eigenvalue weighted by Crippen LogP contribution is -2.32. The largest absolute Gasteiger partial charge is 0.352 e. The summed E-state index contributed by atoms with van der Waals surface area (Å²) < 4.78 is 1.25. The van der Waals surface area contributed by atoms with E-state index in [-0.39, 0.29) is 5.91 Å². The van der Waals surface area contributed by atoms with Gasteiger partial charge >= 0.3 is 0 Å². The maximum atomic E-state index is 11.3. The van der Waals surface area contributed by atoms with Gasteiger partial charge in [0.1, 0.15) is 5.01 Å². The molecule has 4 nitrogen and oxygen atoms in total. The van der Waals surface area contributed by atoms with Crippen LogP contribution in [0.15, 0.2) is 24.3 Å². The normalized spacial score (nSPS) is 26.8. The van der Waals surface area contributed by atoms with E-state index in [1.165, 1.54) is 9.71 Å². The van der Waals surface area contributed by atoms with Crippen molar-refractivity contribution in [2.24, 2.45) is 5.92 Å². The van der Waals surface area contributed by atoms with E-state index < -0.39 is 0 Å². The average molecular weight is 273 g/mol. The Kier molecular flexibility index (Phi) is 2.56.